The summed E-state index contributed by atoms with van der Waals surface area (Å²) in [6.07, 6.45) is 0. The van der Waals surface area contributed by atoms with Crippen LogP contribution in [-0.4, -0.2) is 0 Å². The van der Waals surface area contributed by atoms with Gasteiger partial charge < -0.3 is 0 Å². The molecule has 1 atom stereocenters. The van der Waals surface area contributed by atoms with Gasteiger partial charge in [-0.05, 0) is 25.9 Å². The molecule has 0 aliphatic carbocycles. The van der Waals surface area contributed by atoms with E-state index in [4.69, 9.17) is 0 Å². The zero-order valence-electron chi connectivity index (χ0n) is 3.47. The molecule has 1 unspecified atom stereocenters. The maximum absolute atomic E-state index is 2.29. The van der Waals surface area contributed by atoms with Crippen LogP contribution in [0.15, 0.2) is 5.80 Å². The zero-order chi connectivity index (χ0) is 4.41. The minimum atomic E-state index is 1.14. The molecular formula is C3H5P3. The summed E-state index contributed by atoms with van der Waals surface area (Å²) in [5, 5.41) is 1.55. The molecule has 1 rings (SSSR count). The predicted molar refractivity (Wildman–Crippen MR) is 35.7 cm³/mol. The van der Waals surface area contributed by atoms with Gasteiger partial charge in [0, 0.05) is 0 Å². The average molecular weight is 134 g/mol. The van der Waals surface area contributed by atoms with Crippen LogP contribution in [0.1, 0.15) is 5.30 Å². The highest BCUT2D eigenvalue weighted by Gasteiger charge is 1.75. The summed E-state index contributed by atoms with van der Waals surface area (Å²) in [5.41, 5.74) is 0. The van der Waals surface area contributed by atoms with Crippen molar-refractivity contribution in [1.82, 2.24) is 0 Å². The standard InChI is InChI=1S/C3H5P3/c1-3-2-4-6-5-3/h2,6H,1H3. The second-order valence-corrected chi connectivity index (χ2v) is 6.60. The van der Waals surface area contributed by atoms with Gasteiger partial charge in [0.05, 0.1) is 0 Å². The number of hydrogen-bond acceptors (Lipinski definition) is 0. The van der Waals surface area contributed by atoms with Crippen LogP contribution in [-0.2, 0) is 0 Å². The molecule has 0 radical (unpaired) electrons. The lowest BCUT2D eigenvalue weighted by Gasteiger charge is -1.64. The van der Waals surface area contributed by atoms with Crippen molar-refractivity contribution in [1.29, 1.82) is 0 Å². The molecule has 0 nitrogen and oxygen atoms in total. The fraction of sp³-hybridized carbons (Fsp3) is 0.333. The molecule has 0 N–H and O–H groups in total. The summed E-state index contributed by atoms with van der Waals surface area (Å²) in [7, 11) is 4.25. The van der Waals surface area contributed by atoms with Crippen LogP contribution in [0.25, 0.3) is 0 Å². The van der Waals surface area contributed by atoms with Crippen molar-refractivity contribution in [3.63, 3.8) is 0 Å². The topological polar surface area (TPSA) is 0 Å². The molecule has 0 saturated heterocycles. The van der Waals surface area contributed by atoms with Gasteiger partial charge in [-0.2, -0.15) is 0 Å². The van der Waals surface area contributed by atoms with Gasteiger partial charge in [-0.3, -0.25) is 0 Å². The van der Waals surface area contributed by atoms with Gasteiger partial charge in [0.1, 0.15) is 0 Å². The smallest absolute Gasteiger partial charge is 0.0149 e. The van der Waals surface area contributed by atoms with Crippen LogP contribution in [0.2, 0.25) is 0 Å². The minimum Gasteiger partial charge on any atom is -0.0816 e. The molecule has 32 valence electrons. The molecule has 0 aliphatic heterocycles. The summed E-state index contributed by atoms with van der Waals surface area (Å²) in [6, 6.07) is 0. The largest absolute Gasteiger partial charge is 0.0816 e. The molecule has 6 heavy (non-hydrogen) atoms. The van der Waals surface area contributed by atoms with Crippen LogP contribution in [0.4, 0.5) is 0 Å². The second kappa shape index (κ2) is 2.08. The molecule has 3 heteroatoms. The molecule has 0 aliphatic rings. The van der Waals surface area contributed by atoms with E-state index in [1.165, 1.54) is 7.87 Å². The van der Waals surface area contributed by atoms with Crippen molar-refractivity contribution in [3.8, 4) is 0 Å². The van der Waals surface area contributed by atoms with Crippen molar-refractivity contribution in [2.75, 3.05) is 0 Å². The fourth-order valence-electron chi connectivity index (χ4n) is 0.259. The lowest BCUT2D eigenvalue weighted by Crippen LogP contribution is -1.38. The van der Waals surface area contributed by atoms with Crippen molar-refractivity contribution in [2.45, 2.75) is 6.92 Å². The SMILES string of the molecule is Cc1cp[pH]p1. The van der Waals surface area contributed by atoms with E-state index in [-0.39, 0.29) is 0 Å². The Morgan fingerprint density at radius 2 is 2.67 bits per heavy atom. The summed E-state index contributed by atoms with van der Waals surface area (Å²) in [5.74, 6) is 2.29. The lowest BCUT2D eigenvalue weighted by molar-refractivity contribution is 1.68. The van der Waals surface area contributed by atoms with E-state index < -0.39 is 0 Å². The van der Waals surface area contributed by atoms with Gasteiger partial charge in [0.2, 0.25) is 0 Å². The second-order valence-electron chi connectivity index (χ2n) is 1.11. The number of rotatable bonds is 0. The van der Waals surface area contributed by atoms with Crippen LogP contribution in [0.3, 0.4) is 0 Å². The van der Waals surface area contributed by atoms with Crippen LogP contribution < -0.4 is 0 Å². The third kappa shape index (κ3) is 1.05. The first kappa shape index (κ1) is 4.79. The van der Waals surface area contributed by atoms with Crippen LogP contribution in [0.5, 0.6) is 0 Å². The Labute approximate surface area is 42.1 Å². The first-order valence-electron chi connectivity index (χ1n) is 1.72. The Bertz CT molecular complexity index is 110. The molecule has 1 heterocycles. The molecule has 0 spiro atoms. The van der Waals surface area contributed by atoms with E-state index in [0.29, 0.717) is 0 Å². The number of aryl methyl sites for hydroxylation is 1. The van der Waals surface area contributed by atoms with Gasteiger partial charge in [-0.15, -0.1) is 0 Å². The number of hydrogen-bond donors (Lipinski definition) is 0. The van der Waals surface area contributed by atoms with Gasteiger partial charge in [0.15, 0.2) is 0 Å². The Hall–Kier alpha value is 0.640. The average Bonchev–Trinajstić information content (AvgIpc) is 1.86. The molecule has 0 aromatic carbocycles. The van der Waals surface area contributed by atoms with E-state index in [2.05, 4.69) is 12.7 Å². The van der Waals surface area contributed by atoms with Gasteiger partial charge in [-0.25, -0.2) is 0 Å². The quantitative estimate of drug-likeness (QED) is 0.511. The normalized spacial score (nSPS) is 12.8. The highest BCUT2D eigenvalue weighted by molar-refractivity contribution is 8.17. The van der Waals surface area contributed by atoms with E-state index in [0.717, 1.165) is 7.55 Å². The van der Waals surface area contributed by atoms with E-state index in [9.17, 15) is 0 Å². The molecule has 0 saturated carbocycles. The monoisotopic (exact) mass is 134 g/mol. The third-order valence-corrected chi connectivity index (χ3v) is 5.98. The van der Waals surface area contributed by atoms with Crippen LogP contribution >= 0.6 is 23.3 Å². The Balaban J connectivity index is 3.05. The van der Waals surface area contributed by atoms with E-state index >= 15 is 0 Å². The summed E-state index contributed by atoms with van der Waals surface area (Å²) in [6.45, 7) is 2.19. The summed E-state index contributed by atoms with van der Waals surface area (Å²) < 4.78 is 0. The summed E-state index contributed by atoms with van der Waals surface area (Å²) >= 11 is 0. The van der Waals surface area contributed by atoms with Crippen molar-refractivity contribution in [2.24, 2.45) is 0 Å². The highest BCUT2D eigenvalue weighted by Crippen LogP contribution is 2.35. The van der Waals surface area contributed by atoms with Crippen LogP contribution in [0, 0.1) is 6.92 Å². The first-order chi connectivity index (χ1) is 2.89. The molecule has 1 aromatic heterocycles. The minimum absolute atomic E-state index is 1.14. The van der Waals surface area contributed by atoms with Crippen molar-refractivity contribution >= 4 is 23.3 Å². The Morgan fingerprint density at radius 1 is 1.83 bits per heavy atom. The van der Waals surface area contributed by atoms with E-state index in [1.54, 1.807) is 13.2 Å². The lowest BCUT2D eigenvalue weighted by atomic mass is 10.7. The highest BCUT2D eigenvalue weighted by atomic mass is 32.1. The third-order valence-electron chi connectivity index (χ3n) is 0.535. The molecule has 0 amide bonds. The van der Waals surface area contributed by atoms with Gasteiger partial charge in [0.25, 0.3) is 0 Å². The maximum Gasteiger partial charge on any atom is -0.0149 e. The maximum atomic E-state index is 2.29. The fourth-order valence-corrected chi connectivity index (χ4v) is 5.83. The van der Waals surface area contributed by atoms with Gasteiger partial charge >= 0.3 is 0 Å². The Morgan fingerprint density at radius 3 is 2.83 bits per heavy atom. The van der Waals surface area contributed by atoms with Crippen molar-refractivity contribution < 1.29 is 0 Å². The molecule has 1 aromatic rings. The zero-order valence-corrected chi connectivity index (χ0v) is 6.26. The molecular weight excluding hydrogens is 129 g/mol. The Kier molecular flexibility index (Phi) is 1.66. The van der Waals surface area contributed by atoms with Crippen molar-refractivity contribution in [3.05, 3.63) is 11.1 Å². The molecule has 0 bridgehead atoms. The first-order valence-corrected chi connectivity index (χ1v) is 6.26. The van der Waals surface area contributed by atoms with E-state index in [1.807, 2.05) is 0 Å². The predicted octanol–water partition coefficient (Wildman–Crippen LogP) is 3.19. The summed E-state index contributed by atoms with van der Waals surface area (Å²) in [4.78, 5) is 0. The molecule has 0 fully saturated rings. The van der Waals surface area contributed by atoms with Gasteiger partial charge in [-0.1, -0.05) is 15.4 Å².